The number of carbonyl (C=O) groups is 1. The summed E-state index contributed by atoms with van der Waals surface area (Å²) >= 11 is 0. The average Bonchev–Trinajstić information content (AvgIpc) is 2.33. The lowest BCUT2D eigenvalue weighted by molar-refractivity contribution is -0.112. The van der Waals surface area contributed by atoms with Crippen LogP contribution in [0.1, 0.15) is 6.92 Å². The van der Waals surface area contributed by atoms with Gasteiger partial charge in [0.2, 0.25) is 0 Å². The van der Waals surface area contributed by atoms with Gasteiger partial charge in [0.25, 0.3) is 5.91 Å². The number of anilines is 2. The summed E-state index contributed by atoms with van der Waals surface area (Å²) in [5.74, 6) is -0.165. The second-order valence-corrected chi connectivity index (χ2v) is 3.46. The lowest BCUT2D eigenvalue weighted by Gasteiger charge is -2.05. The first-order valence-corrected chi connectivity index (χ1v) is 5.37. The zero-order valence-corrected chi connectivity index (χ0v) is 9.81. The fourth-order valence-corrected chi connectivity index (χ4v) is 1.27. The highest BCUT2D eigenvalue weighted by Crippen LogP contribution is 2.12. The molecule has 0 radical (unpaired) electrons. The van der Waals surface area contributed by atoms with Gasteiger partial charge in [-0.1, -0.05) is 18.2 Å². The molecule has 0 aliphatic rings. The van der Waals surface area contributed by atoms with Crippen LogP contribution in [0.3, 0.4) is 0 Å². The molecule has 4 heteroatoms. The quantitative estimate of drug-likeness (QED) is 0.419. The van der Waals surface area contributed by atoms with Gasteiger partial charge in [0.05, 0.1) is 0 Å². The molecule has 0 heterocycles. The van der Waals surface area contributed by atoms with Crippen molar-refractivity contribution in [3.8, 4) is 0 Å². The molecule has 1 aromatic carbocycles. The van der Waals surface area contributed by atoms with Crippen LogP contribution in [-0.2, 0) is 4.79 Å². The van der Waals surface area contributed by atoms with Crippen LogP contribution in [0.4, 0.5) is 11.4 Å². The van der Waals surface area contributed by atoms with Gasteiger partial charge < -0.3 is 16.8 Å². The highest BCUT2D eigenvalue weighted by atomic mass is 16.1. The number of rotatable bonds is 4. The van der Waals surface area contributed by atoms with Crippen molar-refractivity contribution in [1.82, 2.24) is 0 Å². The van der Waals surface area contributed by atoms with E-state index in [1.165, 1.54) is 0 Å². The van der Waals surface area contributed by atoms with Crippen LogP contribution in [0.25, 0.3) is 0 Å². The molecule has 1 rings (SSSR count). The normalized spacial score (nSPS) is 11.8. The van der Waals surface area contributed by atoms with Gasteiger partial charge in [-0.3, -0.25) is 4.79 Å². The zero-order chi connectivity index (χ0) is 12.7. The minimum atomic E-state index is -0.165. The molecule has 0 atom stereocenters. The molecule has 1 amide bonds. The van der Waals surface area contributed by atoms with E-state index in [1.807, 2.05) is 0 Å². The van der Waals surface area contributed by atoms with E-state index in [9.17, 15) is 4.79 Å². The summed E-state index contributed by atoms with van der Waals surface area (Å²) in [7, 11) is 0. The number of carbonyl (C=O) groups excluding carboxylic acids is 1. The molecule has 4 nitrogen and oxygen atoms in total. The summed E-state index contributed by atoms with van der Waals surface area (Å²) in [5.41, 5.74) is 12.9. The second-order valence-electron chi connectivity index (χ2n) is 3.46. The summed E-state index contributed by atoms with van der Waals surface area (Å²) in [6.45, 7) is 2.21. The van der Waals surface area contributed by atoms with Gasteiger partial charge in [-0.25, -0.2) is 0 Å². The van der Waals surface area contributed by atoms with Crippen molar-refractivity contribution in [2.24, 2.45) is 5.73 Å². The molecule has 0 unspecified atom stereocenters. The largest absolute Gasteiger partial charge is 0.399 e. The molecule has 1 aromatic rings. The van der Waals surface area contributed by atoms with Crippen LogP contribution < -0.4 is 16.8 Å². The van der Waals surface area contributed by atoms with E-state index >= 15 is 0 Å². The Bertz CT molecular complexity index is 432. The minimum Gasteiger partial charge on any atom is -0.399 e. The lowest BCUT2D eigenvalue weighted by atomic mass is 10.2. The van der Waals surface area contributed by atoms with Gasteiger partial charge in [0.1, 0.15) is 0 Å². The van der Waals surface area contributed by atoms with Crippen molar-refractivity contribution in [3.63, 3.8) is 0 Å². The van der Waals surface area contributed by atoms with E-state index in [-0.39, 0.29) is 5.91 Å². The number of nitrogen functional groups attached to an aromatic ring is 1. The molecule has 0 bridgehead atoms. The first-order chi connectivity index (χ1) is 8.17. The SMILES string of the molecule is C/C=C(\C=C/CN)C(=O)Nc1ccc(N)cc1. The van der Waals surface area contributed by atoms with Crippen molar-refractivity contribution in [1.29, 1.82) is 0 Å². The highest BCUT2D eigenvalue weighted by molar-refractivity contribution is 6.05. The van der Waals surface area contributed by atoms with E-state index in [0.29, 0.717) is 23.5 Å². The monoisotopic (exact) mass is 231 g/mol. The Morgan fingerprint density at radius 3 is 2.53 bits per heavy atom. The maximum absolute atomic E-state index is 11.8. The maximum atomic E-state index is 11.8. The van der Waals surface area contributed by atoms with Gasteiger partial charge in [-0.2, -0.15) is 0 Å². The van der Waals surface area contributed by atoms with E-state index in [0.717, 1.165) is 0 Å². The number of hydrogen-bond donors (Lipinski definition) is 3. The summed E-state index contributed by atoms with van der Waals surface area (Å²) < 4.78 is 0. The van der Waals surface area contributed by atoms with Crippen molar-refractivity contribution in [3.05, 3.63) is 48.1 Å². The molecular weight excluding hydrogens is 214 g/mol. The molecule has 0 fully saturated rings. The zero-order valence-electron chi connectivity index (χ0n) is 9.81. The summed E-state index contributed by atoms with van der Waals surface area (Å²) in [6, 6.07) is 6.99. The Hall–Kier alpha value is -2.07. The molecule has 0 aromatic heterocycles. The predicted molar refractivity (Wildman–Crippen MR) is 71.4 cm³/mol. The predicted octanol–water partition coefficient (Wildman–Crippen LogP) is 1.67. The Kier molecular flexibility index (Phi) is 4.97. The van der Waals surface area contributed by atoms with Crippen LogP contribution in [0.5, 0.6) is 0 Å². The highest BCUT2D eigenvalue weighted by Gasteiger charge is 2.05. The van der Waals surface area contributed by atoms with Gasteiger partial charge in [-0.15, -0.1) is 0 Å². The standard InChI is InChI=1S/C13H17N3O/c1-2-10(4-3-9-14)13(17)16-12-7-5-11(15)6-8-12/h2-8H,9,14-15H2,1H3,(H,16,17)/b4-3-,10-2+. The van der Waals surface area contributed by atoms with E-state index in [1.54, 1.807) is 49.4 Å². The number of hydrogen-bond acceptors (Lipinski definition) is 3. The van der Waals surface area contributed by atoms with Crippen LogP contribution in [0.15, 0.2) is 48.1 Å². The summed E-state index contributed by atoms with van der Waals surface area (Å²) in [6.07, 6.45) is 5.17. The third-order valence-electron chi connectivity index (χ3n) is 2.18. The second kappa shape index (κ2) is 6.50. The van der Waals surface area contributed by atoms with Crippen molar-refractivity contribution >= 4 is 17.3 Å². The fraction of sp³-hybridized carbons (Fsp3) is 0.154. The molecule has 90 valence electrons. The van der Waals surface area contributed by atoms with E-state index < -0.39 is 0 Å². The molecule has 0 spiro atoms. The van der Waals surface area contributed by atoms with Gasteiger partial charge >= 0.3 is 0 Å². The molecule has 0 saturated carbocycles. The smallest absolute Gasteiger partial charge is 0.255 e. The first-order valence-electron chi connectivity index (χ1n) is 5.37. The molecular formula is C13H17N3O. The van der Waals surface area contributed by atoms with Crippen LogP contribution in [0, 0.1) is 0 Å². The third-order valence-corrected chi connectivity index (χ3v) is 2.18. The average molecular weight is 231 g/mol. The summed E-state index contributed by atoms with van der Waals surface area (Å²) in [4.78, 5) is 11.8. The fourth-order valence-electron chi connectivity index (χ4n) is 1.27. The van der Waals surface area contributed by atoms with E-state index in [2.05, 4.69) is 5.32 Å². The van der Waals surface area contributed by atoms with Crippen molar-refractivity contribution in [2.75, 3.05) is 17.6 Å². The molecule has 5 N–H and O–H groups in total. The van der Waals surface area contributed by atoms with Crippen molar-refractivity contribution in [2.45, 2.75) is 6.92 Å². The Morgan fingerprint density at radius 1 is 1.35 bits per heavy atom. The Labute approximate surface area is 101 Å². The lowest BCUT2D eigenvalue weighted by Crippen LogP contribution is -2.13. The molecule has 0 aliphatic carbocycles. The minimum absolute atomic E-state index is 0.165. The Morgan fingerprint density at radius 2 is 2.00 bits per heavy atom. The van der Waals surface area contributed by atoms with E-state index in [4.69, 9.17) is 11.5 Å². The van der Waals surface area contributed by atoms with Crippen LogP contribution >= 0.6 is 0 Å². The summed E-state index contributed by atoms with van der Waals surface area (Å²) in [5, 5.41) is 2.77. The van der Waals surface area contributed by atoms with Gasteiger partial charge in [-0.05, 0) is 31.2 Å². The van der Waals surface area contributed by atoms with Gasteiger partial charge in [0, 0.05) is 23.5 Å². The number of allylic oxidation sites excluding steroid dienone is 1. The Balaban J connectivity index is 2.71. The number of nitrogens with one attached hydrogen (secondary N) is 1. The number of amides is 1. The van der Waals surface area contributed by atoms with Crippen LogP contribution in [0.2, 0.25) is 0 Å². The molecule has 17 heavy (non-hydrogen) atoms. The topological polar surface area (TPSA) is 81.1 Å². The number of nitrogens with two attached hydrogens (primary N) is 2. The van der Waals surface area contributed by atoms with Crippen molar-refractivity contribution < 1.29 is 4.79 Å². The third kappa shape index (κ3) is 4.12. The van der Waals surface area contributed by atoms with Crippen LogP contribution in [-0.4, -0.2) is 12.5 Å². The molecule has 0 aliphatic heterocycles. The van der Waals surface area contributed by atoms with Gasteiger partial charge in [0.15, 0.2) is 0 Å². The number of benzene rings is 1. The first kappa shape index (κ1) is 13.0. The maximum Gasteiger partial charge on any atom is 0.255 e. The molecule has 0 saturated heterocycles.